The summed E-state index contributed by atoms with van der Waals surface area (Å²) in [6.45, 7) is 2.19. The predicted octanol–water partition coefficient (Wildman–Crippen LogP) is 7.27. The van der Waals surface area contributed by atoms with Crippen molar-refractivity contribution in [3.8, 4) is 16.9 Å². The highest BCUT2D eigenvalue weighted by Crippen LogP contribution is 2.32. The molecule has 0 bridgehead atoms. The fourth-order valence-electron chi connectivity index (χ4n) is 3.93. The van der Waals surface area contributed by atoms with Gasteiger partial charge in [0.2, 0.25) is 0 Å². The summed E-state index contributed by atoms with van der Waals surface area (Å²) in [6, 6.07) is 7.80. The van der Waals surface area contributed by atoms with Gasteiger partial charge >= 0.3 is 0 Å². The van der Waals surface area contributed by atoms with E-state index in [1.54, 1.807) is 0 Å². The van der Waals surface area contributed by atoms with E-state index in [1.807, 2.05) is 6.92 Å². The summed E-state index contributed by atoms with van der Waals surface area (Å²) in [6.07, 6.45) is 1.40. The van der Waals surface area contributed by atoms with Gasteiger partial charge in [0.05, 0.1) is 19.8 Å². The van der Waals surface area contributed by atoms with E-state index in [4.69, 9.17) is 14.2 Å². The van der Waals surface area contributed by atoms with Crippen LogP contribution in [0.15, 0.2) is 42.5 Å². The van der Waals surface area contributed by atoms with Crippen molar-refractivity contribution in [2.45, 2.75) is 32.5 Å². The lowest BCUT2D eigenvalue weighted by Crippen LogP contribution is -2.31. The number of benzene rings is 3. The van der Waals surface area contributed by atoms with Gasteiger partial charge in [0.1, 0.15) is 5.82 Å². The molecule has 0 aromatic heterocycles. The van der Waals surface area contributed by atoms with Crippen LogP contribution in [0.2, 0.25) is 0 Å². The van der Waals surface area contributed by atoms with E-state index in [0.29, 0.717) is 29.7 Å². The highest BCUT2D eigenvalue weighted by Gasteiger charge is 2.26. The van der Waals surface area contributed by atoms with E-state index < -0.39 is 46.9 Å². The second-order valence-corrected chi connectivity index (χ2v) is 8.66. The number of ether oxygens (including phenoxy) is 3. The molecule has 0 N–H and O–H groups in total. The summed E-state index contributed by atoms with van der Waals surface area (Å²) < 4.78 is 100. The normalized spacial score (nSPS) is 17.9. The van der Waals surface area contributed by atoms with Crippen molar-refractivity contribution in [1.82, 2.24) is 0 Å². The second-order valence-electron chi connectivity index (χ2n) is 8.66. The van der Waals surface area contributed by atoms with Crippen LogP contribution in [0, 0.1) is 40.8 Å². The number of hydrogen-bond donors (Lipinski definition) is 0. The highest BCUT2D eigenvalue weighted by atomic mass is 19.2. The van der Waals surface area contributed by atoms with E-state index in [-0.39, 0.29) is 36.9 Å². The third kappa shape index (κ3) is 5.84. The van der Waals surface area contributed by atoms with Crippen LogP contribution in [-0.2, 0) is 15.9 Å². The van der Waals surface area contributed by atoms with Gasteiger partial charge < -0.3 is 14.2 Å². The van der Waals surface area contributed by atoms with Crippen LogP contribution in [-0.4, -0.2) is 19.8 Å². The van der Waals surface area contributed by atoms with Gasteiger partial charge in [-0.05, 0) is 54.3 Å². The molecule has 0 amide bonds. The first-order valence-corrected chi connectivity index (χ1v) is 11.5. The molecular formula is C27H24F6O3. The van der Waals surface area contributed by atoms with Crippen LogP contribution in [0.3, 0.4) is 0 Å². The maximum absolute atomic E-state index is 14.7. The molecule has 1 fully saturated rings. The van der Waals surface area contributed by atoms with Crippen molar-refractivity contribution in [1.29, 1.82) is 0 Å². The van der Waals surface area contributed by atoms with Crippen molar-refractivity contribution < 1.29 is 40.6 Å². The SMILES string of the molecule is CCCCc1cc(F)c(OCC2COC(c3ccc(-c4cc(F)c(F)c(F)c4)c(F)c3)OC2)c(F)c1. The molecule has 1 aliphatic heterocycles. The first kappa shape index (κ1) is 26.0. The Labute approximate surface area is 204 Å². The number of aryl methyl sites for hydroxylation is 1. The van der Waals surface area contributed by atoms with Crippen molar-refractivity contribution in [3.05, 3.63) is 88.5 Å². The minimum absolute atomic E-state index is 0.0517. The predicted molar refractivity (Wildman–Crippen MR) is 120 cm³/mol. The Morgan fingerprint density at radius 2 is 1.44 bits per heavy atom. The van der Waals surface area contributed by atoms with Gasteiger partial charge in [0.15, 0.2) is 41.1 Å². The van der Waals surface area contributed by atoms with Gasteiger partial charge in [-0.1, -0.05) is 25.5 Å². The van der Waals surface area contributed by atoms with Gasteiger partial charge in [0, 0.05) is 17.0 Å². The molecule has 3 aromatic carbocycles. The van der Waals surface area contributed by atoms with E-state index in [1.165, 1.54) is 24.3 Å². The second kappa shape index (κ2) is 11.3. The van der Waals surface area contributed by atoms with Crippen molar-refractivity contribution >= 4 is 0 Å². The molecule has 0 saturated carbocycles. The summed E-state index contributed by atoms with van der Waals surface area (Å²) in [7, 11) is 0. The van der Waals surface area contributed by atoms with Crippen LogP contribution >= 0.6 is 0 Å². The van der Waals surface area contributed by atoms with E-state index in [2.05, 4.69) is 0 Å². The van der Waals surface area contributed by atoms with Gasteiger partial charge in [-0.2, -0.15) is 0 Å². The molecule has 192 valence electrons. The minimum atomic E-state index is -1.63. The van der Waals surface area contributed by atoms with E-state index in [9.17, 15) is 26.3 Å². The number of unbranched alkanes of at least 4 members (excludes halogenated alkanes) is 1. The van der Waals surface area contributed by atoms with Gasteiger partial charge in [-0.15, -0.1) is 0 Å². The Hall–Kier alpha value is -3.04. The molecule has 1 aliphatic rings. The quantitative estimate of drug-likeness (QED) is 0.236. The molecule has 0 atom stereocenters. The molecule has 3 aromatic rings. The summed E-state index contributed by atoms with van der Waals surface area (Å²) in [5.41, 5.74) is 0.608. The number of halogens is 6. The third-order valence-electron chi connectivity index (χ3n) is 5.87. The Morgan fingerprint density at radius 1 is 0.806 bits per heavy atom. The zero-order valence-corrected chi connectivity index (χ0v) is 19.4. The van der Waals surface area contributed by atoms with Crippen molar-refractivity contribution in [2.75, 3.05) is 19.8 Å². The van der Waals surface area contributed by atoms with Crippen LogP contribution in [0.5, 0.6) is 5.75 Å². The molecule has 0 spiro atoms. The van der Waals surface area contributed by atoms with Gasteiger partial charge in [-0.3, -0.25) is 0 Å². The number of hydrogen-bond acceptors (Lipinski definition) is 3. The Morgan fingerprint density at radius 3 is 2.03 bits per heavy atom. The van der Waals surface area contributed by atoms with E-state index in [0.717, 1.165) is 18.9 Å². The zero-order valence-electron chi connectivity index (χ0n) is 19.4. The van der Waals surface area contributed by atoms with Crippen molar-refractivity contribution in [2.24, 2.45) is 5.92 Å². The number of rotatable bonds is 8. The average Bonchev–Trinajstić information content (AvgIpc) is 2.85. The van der Waals surface area contributed by atoms with Crippen LogP contribution in [0.1, 0.15) is 37.2 Å². The lowest BCUT2D eigenvalue weighted by atomic mass is 10.0. The lowest BCUT2D eigenvalue weighted by Gasteiger charge is -2.29. The largest absolute Gasteiger partial charge is 0.487 e. The van der Waals surface area contributed by atoms with Crippen LogP contribution in [0.25, 0.3) is 11.1 Å². The molecule has 36 heavy (non-hydrogen) atoms. The summed E-state index contributed by atoms with van der Waals surface area (Å²) >= 11 is 0. The molecular weight excluding hydrogens is 486 g/mol. The lowest BCUT2D eigenvalue weighted by molar-refractivity contribution is -0.208. The smallest absolute Gasteiger partial charge is 0.194 e. The molecule has 1 saturated heterocycles. The maximum atomic E-state index is 14.7. The Bertz CT molecular complexity index is 1180. The Balaban J connectivity index is 1.35. The van der Waals surface area contributed by atoms with Crippen LogP contribution < -0.4 is 4.74 Å². The average molecular weight is 510 g/mol. The topological polar surface area (TPSA) is 27.7 Å². The molecule has 3 nitrogen and oxygen atoms in total. The maximum Gasteiger partial charge on any atom is 0.194 e. The molecule has 0 unspecified atom stereocenters. The van der Waals surface area contributed by atoms with Gasteiger partial charge in [-0.25, -0.2) is 26.3 Å². The minimum Gasteiger partial charge on any atom is -0.487 e. The summed E-state index contributed by atoms with van der Waals surface area (Å²) in [5, 5.41) is 0. The van der Waals surface area contributed by atoms with Gasteiger partial charge in [0.25, 0.3) is 0 Å². The first-order valence-electron chi connectivity index (χ1n) is 11.5. The summed E-state index contributed by atoms with van der Waals surface area (Å²) in [4.78, 5) is 0. The highest BCUT2D eigenvalue weighted by molar-refractivity contribution is 5.64. The fourth-order valence-corrected chi connectivity index (χ4v) is 3.93. The molecule has 9 heteroatoms. The van der Waals surface area contributed by atoms with E-state index >= 15 is 0 Å². The molecule has 4 rings (SSSR count). The van der Waals surface area contributed by atoms with Crippen LogP contribution in [0.4, 0.5) is 26.3 Å². The molecule has 1 heterocycles. The summed E-state index contributed by atoms with van der Waals surface area (Å²) in [5.74, 6) is -7.60. The fraction of sp³-hybridized carbons (Fsp3) is 0.333. The first-order chi connectivity index (χ1) is 17.3. The third-order valence-corrected chi connectivity index (χ3v) is 5.87. The molecule has 0 aliphatic carbocycles. The van der Waals surface area contributed by atoms with Crippen molar-refractivity contribution in [3.63, 3.8) is 0 Å². The standard InChI is InChI=1S/C27H24F6O3/c1-2-3-4-15-7-23(31)26(24(32)8-15)34-12-16-13-35-27(36-14-16)17-5-6-19(20(28)9-17)18-10-21(29)25(33)22(30)11-18/h5-11,16,27H,2-4,12-14H2,1H3. The Kier molecular flexibility index (Phi) is 8.21. The zero-order chi connectivity index (χ0) is 25.8. The monoisotopic (exact) mass is 510 g/mol. The molecule has 0 radical (unpaired) electrons.